The average molecular weight is 1100 g/mol. The Kier molecular flexibility index (Phi) is 55.3. The van der Waals surface area contributed by atoms with E-state index in [1.807, 2.05) is 33.3 Å². The Morgan fingerprint density at radius 1 is 0.455 bits per heavy atom. The maximum absolute atomic E-state index is 13.6. The molecule has 0 saturated carbocycles. The second-order valence-electron chi connectivity index (χ2n) is 23.3. The van der Waals surface area contributed by atoms with Crippen LogP contribution in [0.1, 0.15) is 303 Å². The van der Waals surface area contributed by atoms with Crippen molar-refractivity contribution >= 4 is 19.7 Å². The molecule has 0 rings (SSSR count). The number of phosphoric ester groups is 1. The molecule has 3 unspecified atom stereocenters. The fourth-order valence-electron chi connectivity index (χ4n) is 9.35. The third-order valence-electron chi connectivity index (χ3n) is 14.4. The van der Waals surface area contributed by atoms with Crippen LogP contribution in [0.2, 0.25) is 0 Å². The molecule has 0 aliphatic heterocycles. The highest BCUT2D eigenvalue weighted by Crippen LogP contribution is 2.43. The summed E-state index contributed by atoms with van der Waals surface area (Å²) in [6.07, 6.45) is 72.1. The van der Waals surface area contributed by atoms with Crippen molar-refractivity contribution in [2.24, 2.45) is 0 Å². The topological polar surface area (TPSA) is 111 Å². The van der Waals surface area contributed by atoms with Gasteiger partial charge in [-0.2, -0.15) is 0 Å². The Morgan fingerprint density at radius 2 is 0.792 bits per heavy atom. The minimum absolute atomic E-state index is 0.0377. The smallest absolute Gasteiger partial charge is 0.456 e. The second-order valence-corrected chi connectivity index (χ2v) is 24.7. The van der Waals surface area contributed by atoms with Crippen LogP contribution in [-0.2, 0) is 27.9 Å². The van der Waals surface area contributed by atoms with Crippen LogP contribution in [0.4, 0.5) is 0 Å². The van der Waals surface area contributed by atoms with Crippen LogP contribution >= 0.6 is 7.82 Å². The highest BCUT2D eigenvalue weighted by molar-refractivity contribution is 7.47. The Hall–Kier alpha value is -2.29. The highest BCUT2D eigenvalue weighted by atomic mass is 31.2. The first-order valence-corrected chi connectivity index (χ1v) is 34.1. The van der Waals surface area contributed by atoms with Crippen LogP contribution in [0.25, 0.3) is 0 Å². The number of hydrogen-bond donors (Lipinski definition) is 2. The molecular formula is C67H126N2O7P+. The van der Waals surface area contributed by atoms with E-state index in [9.17, 15) is 19.0 Å². The van der Waals surface area contributed by atoms with E-state index in [4.69, 9.17) is 13.8 Å². The molecule has 0 aliphatic rings. The molecule has 0 radical (unpaired) electrons. The number of quaternary nitrogens is 1. The summed E-state index contributed by atoms with van der Waals surface area (Å²) in [7, 11) is 1.49. The van der Waals surface area contributed by atoms with Crippen molar-refractivity contribution in [2.45, 2.75) is 315 Å². The zero-order valence-corrected chi connectivity index (χ0v) is 52.3. The van der Waals surface area contributed by atoms with Crippen LogP contribution in [0.15, 0.2) is 60.8 Å². The van der Waals surface area contributed by atoms with E-state index >= 15 is 0 Å². The first-order valence-electron chi connectivity index (χ1n) is 32.6. The maximum atomic E-state index is 13.6. The van der Waals surface area contributed by atoms with E-state index < -0.39 is 20.0 Å². The molecule has 0 saturated heterocycles. The van der Waals surface area contributed by atoms with Crippen molar-refractivity contribution in [1.29, 1.82) is 0 Å². The van der Waals surface area contributed by atoms with E-state index in [-0.39, 0.29) is 31.5 Å². The lowest BCUT2D eigenvalue weighted by atomic mass is 10.0. The maximum Gasteiger partial charge on any atom is 0.472 e. The number of hydrogen-bond acceptors (Lipinski definition) is 6. The summed E-state index contributed by atoms with van der Waals surface area (Å²) in [4.78, 5) is 37.8. The zero-order valence-electron chi connectivity index (χ0n) is 51.5. The van der Waals surface area contributed by atoms with E-state index in [1.54, 1.807) is 0 Å². The number of ether oxygens (including phenoxy) is 1. The second kappa shape index (κ2) is 57.0. The molecule has 0 heterocycles. The number of likely N-dealkylation sites (N-methyl/N-ethyl adjacent to an activating group) is 1. The van der Waals surface area contributed by atoms with Crippen molar-refractivity contribution in [3.63, 3.8) is 0 Å². The summed E-state index contributed by atoms with van der Waals surface area (Å²) < 4.78 is 30.8. The molecule has 0 aromatic heterocycles. The molecule has 3 atom stereocenters. The quantitative estimate of drug-likeness (QED) is 0.0205. The largest absolute Gasteiger partial charge is 0.472 e. The number of nitrogens with one attached hydrogen (secondary N) is 1. The van der Waals surface area contributed by atoms with Crippen LogP contribution in [-0.4, -0.2) is 74.3 Å². The number of unbranched alkanes of at least 4 members (excludes halogenated alkanes) is 35. The van der Waals surface area contributed by atoms with Crippen molar-refractivity contribution in [3.05, 3.63) is 60.8 Å². The molecule has 9 nitrogen and oxygen atoms in total. The number of phosphoric acid groups is 1. The fourth-order valence-corrected chi connectivity index (χ4v) is 10.1. The summed E-state index contributed by atoms with van der Waals surface area (Å²) in [5.74, 6) is -0.508. The van der Waals surface area contributed by atoms with Gasteiger partial charge in [0.1, 0.15) is 19.3 Å². The van der Waals surface area contributed by atoms with Crippen molar-refractivity contribution in [1.82, 2.24) is 5.32 Å². The molecule has 0 aliphatic carbocycles. The third kappa shape index (κ3) is 58.2. The van der Waals surface area contributed by atoms with E-state index in [2.05, 4.69) is 74.7 Å². The first kappa shape index (κ1) is 74.7. The standard InChI is InChI=1S/C67H125N2O7P/c1-7-10-13-16-19-22-25-28-30-32-33-34-35-37-39-42-45-48-51-54-57-60-67(71)76-65(58-55-52-49-46-43-40-27-24-21-18-15-12-9-3)64(63-75-77(72,73)74-62-61-69(4,5)6)68-66(70)59-56-53-50-47-44-41-38-36-31-29-26-23-20-17-14-11-8-2/h19-20,22-23,28-31,55,58,64-65H,7-18,21,24-27,32-54,56-57,59-63H2,1-6H3,(H-,68,70,72,73)/p+1/b22-19-,23-20-,30-28-,31-29-,58-55+. The molecule has 10 heteroatoms. The fraction of sp³-hybridized carbons (Fsp3) is 0.821. The third-order valence-corrected chi connectivity index (χ3v) is 15.4. The van der Waals surface area contributed by atoms with E-state index in [0.29, 0.717) is 17.4 Å². The lowest BCUT2D eigenvalue weighted by Gasteiger charge is -2.27. The van der Waals surface area contributed by atoms with Gasteiger partial charge in [0.2, 0.25) is 5.91 Å². The highest BCUT2D eigenvalue weighted by Gasteiger charge is 2.30. The van der Waals surface area contributed by atoms with Gasteiger partial charge in [0.05, 0.1) is 33.8 Å². The normalized spacial score (nSPS) is 14.0. The number of nitrogens with zero attached hydrogens (tertiary/aromatic N) is 1. The number of rotatable bonds is 59. The number of allylic oxidation sites excluding steroid dienone is 9. The van der Waals surface area contributed by atoms with Gasteiger partial charge in [0, 0.05) is 12.8 Å². The number of carbonyl (C=O) groups is 2. The number of esters is 1. The Bertz CT molecular complexity index is 1500. The first-order chi connectivity index (χ1) is 37.4. The number of amides is 1. The summed E-state index contributed by atoms with van der Waals surface area (Å²) in [6, 6.07) is -0.854. The predicted molar refractivity (Wildman–Crippen MR) is 332 cm³/mol. The van der Waals surface area contributed by atoms with Gasteiger partial charge < -0.3 is 19.4 Å². The van der Waals surface area contributed by atoms with Crippen LogP contribution in [0.3, 0.4) is 0 Å². The van der Waals surface area contributed by atoms with Crippen molar-refractivity contribution in [2.75, 3.05) is 40.9 Å². The molecule has 0 aromatic rings. The SMILES string of the molecule is CCCCC/C=C\C/C=C\CCCCCCCCCCCCCC(=O)OC(/C=C/CCCCCCCCCCCCC)C(COP(=O)(O)OCC[N+](C)(C)C)NC(=O)CCCCCCCCC/C=C\C/C=C\CCCCC. The molecule has 77 heavy (non-hydrogen) atoms. The predicted octanol–water partition coefficient (Wildman–Crippen LogP) is 20.2. The van der Waals surface area contributed by atoms with Crippen LogP contribution in [0, 0.1) is 0 Å². The molecule has 0 fully saturated rings. The molecule has 450 valence electrons. The van der Waals surface area contributed by atoms with Gasteiger partial charge in [-0.15, -0.1) is 0 Å². The number of carbonyl (C=O) groups excluding carboxylic acids is 2. The van der Waals surface area contributed by atoms with Gasteiger partial charge in [-0.1, -0.05) is 255 Å². The summed E-state index contributed by atoms with van der Waals surface area (Å²) >= 11 is 0. The van der Waals surface area contributed by atoms with Gasteiger partial charge in [0.25, 0.3) is 0 Å². The average Bonchev–Trinajstić information content (AvgIpc) is 3.39. The van der Waals surface area contributed by atoms with Crippen molar-refractivity contribution < 1.29 is 37.3 Å². The van der Waals surface area contributed by atoms with Gasteiger partial charge in [-0.3, -0.25) is 18.6 Å². The summed E-state index contributed by atoms with van der Waals surface area (Å²) in [5.41, 5.74) is 0. The van der Waals surface area contributed by atoms with Gasteiger partial charge in [-0.25, -0.2) is 4.57 Å². The van der Waals surface area contributed by atoms with Gasteiger partial charge in [0.15, 0.2) is 0 Å². The lowest BCUT2D eigenvalue weighted by Crippen LogP contribution is -2.47. The Morgan fingerprint density at radius 3 is 1.19 bits per heavy atom. The molecule has 0 aromatic carbocycles. The molecular weight excluding hydrogens is 976 g/mol. The van der Waals surface area contributed by atoms with Gasteiger partial charge >= 0.3 is 13.8 Å². The monoisotopic (exact) mass is 1100 g/mol. The molecule has 2 N–H and O–H groups in total. The molecule has 0 bridgehead atoms. The molecule has 1 amide bonds. The van der Waals surface area contributed by atoms with Gasteiger partial charge in [-0.05, 0) is 96.0 Å². The van der Waals surface area contributed by atoms with Crippen molar-refractivity contribution in [3.8, 4) is 0 Å². The zero-order chi connectivity index (χ0) is 56.4. The lowest BCUT2D eigenvalue weighted by molar-refractivity contribution is -0.870. The molecule has 0 spiro atoms. The van der Waals surface area contributed by atoms with Crippen LogP contribution in [0.5, 0.6) is 0 Å². The summed E-state index contributed by atoms with van der Waals surface area (Å²) in [6.45, 7) is 6.98. The van der Waals surface area contributed by atoms with Crippen LogP contribution < -0.4 is 5.32 Å². The van der Waals surface area contributed by atoms with E-state index in [0.717, 1.165) is 83.5 Å². The minimum Gasteiger partial charge on any atom is -0.456 e. The Balaban J connectivity index is 5.23. The summed E-state index contributed by atoms with van der Waals surface area (Å²) in [5, 5.41) is 3.06. The van der Waals surface area contributed by atoms with E-state index in [1.165, 1.54) is 186 Å². The Labute approximate surface area is 477 Å². The minimum atomic E-state index is -4.45.